The third-order valence-electron chi connectivity index (χ3n) is 2.64. The summed E-state index contributed by atoms with van der Waals surface area (Å²) in [5.74, 6) is 0. The Labute approximate surface area is 98.3 Å². The molecule has 2 heteroatoms. The van der Waals surface area contributed by atoms with Gasteiger partial charge >= 0.3 is 0 Å². The number of aliphatic hydroxyl groups excluding tert-OH is 1. The molecule has 0 aliphatic carbocycles. The van der Waals surface area contributed by atoms with Gasteiger partial charge in [0, 0.05) is 13.7 Å². The van der Waals surface area contributed by atoms with Crippen molar-refractivity contribution in [2.24, 2.45) is 0 Å². The molecule has 0 heterocycles. The minimum atomic E-state index is -0.253. The van der Waals surface area contributed by atoms with E-state index in [-0.39, 0.29) is 6.10 Å². The van der Waals surface area contributed by atoms with Gasteiger partial charge in [0.15, 0.2) is 0 Å². The van der Waals surface area contributed by atoms with E-state index in [9.17, 15) is 5.11 Å². The third kappa shape index (κ3) is 4.77. The lowest BCUT2D eigenvalue weighted by Gasteiger charge is -2.11. The molecule has 0 bridgehead atoms. The van der Waals surface area contributed by atoms with Crippen LogP contribution in [0.3, 0.4) is 0 Å². The number of rotatable bonds is 6. The van der Waals surface area contributed by atoms with Crippen LogP contribution in [0.5, 0.6) is 0 Å². The Kier molecular flexibility index (Phi) is 5.50. The Morgan fingerprint density at radius 1 is 1.19 bits per heavy atom. The molecule has 16 heavy (non-hydrogen) atoms. The number of hydrogen-bond acceptors (Lipinski definition) is 2. The van der Waals surface area contributed by atoms with E-state index < -0.39 is 0 Å². The Balaban J connectivity index is 2.45. The number of aliphatic hydroxyl groups is 1. The van der Waals surface area contributed by atoms with Crippen molar-refractivity contribution in [3.8, 4) is 0 Å². The van der Waals surface area contributed by atoms with E-state index >= 15 is 0 Å². The van der Waals surface area contributed by atoms with Gasteiger partial charge in [-0.1, -0.05) is 29.3 Å². The van der Waals surface area contributed by atoms with Crippen LogP contribution in [0, 0.1) is 13.8 Å². The summed E-state index contributed by atoms with van der Waals surface area (Å²) < 4.78 is 4.97. The Morgan fingerprint density at radius 2 is 1.81 bits per heavy atom. The van der Waals surface area contributed by atoms with Crippen molar-refractivity contribution < 1.29 is 9.84 Å². The van der Waals surface area contributed by atoms with E-state index in [2.05, 4.69) is 32.0 Å². The van der Waals surface area contributed by atoms with Crippen molar-refractivity contribution in [2.45, 2.75) is 39.2 Å². The molecule has 0 amide bonds. The standard InChI is InChI=1S/C14H22O2/c1-11-7-12(2)9-13(8-11)10-14(15)5-4-6-16-3/h7-9,14-15H,4-6,10H2,1-3H3. The highest BCUT2D eigenvalue weighted by molar-refractivity contribution is 5.28. The second kappa shape index (κ2) is 6.66. The molecule has 0 aliphatic rings. The van der Waals surface area contributed by atoms with Crippen LogP contribution in [0.15, 0.2) is 18.2 Å². The molecule has 0 aromatic heterocycles. The number of methoxy groups -OCH3 is 1. The molecule has 0 radical (unpaired) electrons. The molecule has 1 atom stereocenters. The smallest absolute Gasteiger partial charge is 0.0581 e. The van der Waals surface area contributed by atoms with Gasteiger partial charge in [-0.05, 0) is 38.7 Å². The number of hydrogen-bond donors (Lipinski definition) is 1. The molecular formula is C14H22O2. The molecule has 0 aliphatic heterocycles. The summed E-state index contributed by atoms with van der Waals surface area (Å²) in [6.45, 7) is 4.91. The van der Waals surface area contributed by atoms with E-state index in [1.165, 1.54) is 16.7 Å². The summed E-state index contributed by atoms with van der Waals surface area (Å²) in [4.78, 5) is 0. The van der Waals surface area contributed by atoms with Crippen LogP contribution >= 0.6 is 0 Å². The maximum Gasteiger partial charge on any atom is 0.0581 e. The molecule has 1 rings (SSSR count). The fourth-order valence-corrected chi connectivity index (χ4v) is 2.02. The highest BCUT2D eigenvalue weighted by Crippen LogP contribution is 2.12. The van der Waals surface area contributed by atoms with Crippen molar-refractivity contribution in [1.29, 1.82) is 0 Å². The normalized spacial score (nSPS) is 12.8. The maximum absolute atomic E-state index is 9.86. The lowest BCUT2D eigenvalue weighted by molar-refractivity contribution is 0.135. The zero-order valence-corrected chi connectivity index (χ0v) is 10.5. The predicted octanol–water partition coefficient (Wildman–Crippen LogP) is 2.63. The summed E-state index contributed by atoms with van der Waals surface area (Å²) in [6.07, 6.45) is 2.21. The molecule has 1 N–H and O–H groups in total. The molecule has 2 nitrogen and oxygen atoms in total. The minimum Gasteiger partial charge on any atom is -0.393 e. The molecule has 0 saturated carbocycles. The molecular weight excluding hydrogens is 200 g/mol. The predicted molar refractivity (Wildman–Crippen MR) is 66.7 cm³/mol. The molecule has 90 valence electrons. The van der Waals surface area contributed by atoms with Gasteiger partial charge in [0.1, 0.15) is 0 Å². The van der Waals surface area contributed by atoms with Gasteiger partial charge in [0.05, 0.1) is 6.10 Å². The fourth-order valence-electron chi connectivity index (χ4n) is 2.02. The van der Waals surface area contributed by atoms with Crippen LogP contribution in [0.25, 0.3) is 0 Å². The minimum absolute atomic E-state index is 0.253. The zero-order valence-electron chi connectivity index (χ0n) is 10.5. The van der Waals surface area contributed by atoms with Gasteiger partial charge in [-0.2, -0.15) is 0 Å². The summed E-state index contributed by atoms with van der Waals surface area (Å²) >= 11 is 0. The quantitative estimate of drug-likeness (QED) is 0.750. The summed E-state index contributed by atoms with van der Waals surface area (Å²) in [7, 11) is 1.69. The molecule has 1 unspecified atom stereocenters. The fraction of sp³-hybridized carbons (Fsp3) is 0.571. The van der Waals surface area contributed by atoms with Crippen LogP contribution in [0.2, 0.25) is 0 Å². The highest BCUT2D eigenvalue weighted by atomic mass is 16.5. The Bertz CT molecular complexity index is 300. The first-order valence-corrected chi connectivity index (χ1v) is 5.86. The van der Waals surface area contributed by atoms with E-state index in [4.69, 9.17) is 4.74 Å². The molecule has 1 aromatic carbocycles. The second-order valence-corrected chi connectivity index (χ2v) is 4.49. The van der Waals surface area contributed by atoms with E-state index in [1.54, 1.807) is 7.11 Å². The first kappa shape index (κ1) is 13.2. The van der Waals surface area contributed by atoms with Crippen molar-refractivity contribution in [3.63, 3.8) is 0 Å². The number of aryl methyl sites for hydroxylation is 2. The second-order valence-electron chi connectivity index (χ2n) is 4.49. The van der Waals surface area contributed by atoms with Gasteiger partial charge in [-0.25, -0.2) is 0 Å². The van der Waals surface area contributed by atoms with Gasteiger partial charge in [-0.3, -0.25) is 0 Å². The monoisotopic (exact) mass is 222 g/mol. The first-order valence-electron chi connectivity index (χ1n) is 5.86. The van der Waals surface area contributed by atoms with Crippen molar-refractivity contribution in [3.05, 3.63) is 34.9 Å². The van der Waals surface area contributed by atoms with Gasteiger partial charge in [0.25, 0.3) is 0 Å². The van der Waals surface area contributed by atoms with Crippen molar-refractivity contribution in [1.82, 2.24) is 0 Å². The van der Waals surface area contributed by atoms with E-state index in [0.717, 1.165) is 25.9 Å². The molecule has 0 fully saturated rings. The third-order valence-corrected chi connectivity index (χ3v) is 2.64. The molecule has 0 saturated heterocycles. The Morgan fingerprint density at radius 3 is 2.38 bits per heavy atom. The number of ether oxygens (including phenoxy) is 1. The summed E-state index contributed by atoms with van der Waals surface area (Å²) in [5, 5.41) is 9.86. The molecule has 1 aromatic rings. The average molecular weight is 222 g/mol. The van der Waals surface area contributed by atoms with Crippen LogP contribution in [0.1, 0.15) is 29.5 Å². The van der Waals surface area contributed by atoms with Gasteiger partial charge in [0.2, 0.25) is 0 Å². The lowest BCUT2D eigenvalue weighted by Crippen LogP contribution is -2.11. The SMILES string of the molecule is COCCCC(O)Cc1cc(C)cc(C)c1. The Hall–Kier alpha value is -0.860. The van der Waals surface area contributed by atoms with Crippen LogP contribution in [0.4, 0.5) is 0 Å². The highest BCUT2D eigenvalue weighted by Gasteiger charge is 2.06. The van der Waals surface area contributed by atoms with Crippen LogP contribution < -0.4 is 0 Å². The van der Waals surface area contributed by atoms with Gasteiger partial charge < -0.3 is 9.84 Å². The largest absolute Gasteiger partial charge is 0.393 e. The topological polar surface area (TPSA) is 29.5 Å². The van der Waals surface area contributed by atoms with E-state index in [1.807, 2.05) is 0 Å². The van der Waals surface area contributed by atoms with Crippen LogP contribution in [-0.2, 0) is 11.2 Å². The number of benzene rings is 1. The average Bonchev–Trinajstić information content (AvgIpc) is 2.16. The lowest BCUT2D eigenvalue weighted by atomic mass is 10.0. The summed E-state index contributed by atoms with van der Waals surface area (Å²) in [5.41, 5.74) is 3.75. The van der Waals surface area contributed by atoms with Gasteiger partial charge in [-0.15, -0.1) is 0 Å². The van der Waals surface area contributed by atoms with Crippen LogP contribution in [-0.4, -0.2) is 24.9 Å². The maximum atomic E-state index is 9.86. The van der Waals surface area contributed by atoms with E-state index in [0.29, 0.717) is 0 Å². The van der Waals surface area contributed by atoms with Crippen molar-refractivity contribution >= 4 is 0 Å². The molecule has 0 spiro atoms. The van der Waals surface area contributed by atoms with Crippen molar-refractivity contribution in [2.75, 3.05) is 13.7 Å². The zero-order chi connectivity index (χ0) is 12.0. The summed E-state index contributed by atoms with van der Waals surface area (Å²) in [6, 6.07) is 6.44. The first-order chi connectivity index (χ1) is 7.61.